The van der Waals surface area contributed by atoms with E-state index in [4.69, 9.17) is 0 Å². The molecular formula is C11H12N2O5. The molecule has 0 aliphatic carbocycles. The van der Waals surface area contributed by atoms with Gasteiger partial charge < -0.3 is 15.1 Å². The maximum Gasteiger partial charge on any atom is 0.270 e. The summed E-state index contributed by atoms with van der Waals surface area (Å²) in [5, 5.41) is 29.3. The van der Waals surface area contributed by atoms with E-state index >= 15 is 0 Å². The molecular weight excluding hydrogens is 240 g/mol. The molecule has 2 unspecified atom stereocenters. The van der Waals surface area contributed by atoms with Crippen molar-refractivity contribution in [2.75, 3.05) is 13.1 Å². The van der Waals surface area contributed by atoms with E-state index in [-0.39, 0.29) is 24.3 Å². The van der Waals surface area contributed by atoms with Gasteiger partial charge in [0.2, 0.25) is 0 Å². The molecule has 1 aliphatic heterocycles. The van der Waals surface area contributed by atoms with Gasteiger partial charge in [-0.2, -0.15) is 0 Å². The van der Waals surface area contributed by atoms with E-state index in [2.05, 4.69) is 0 Å². The minimum absolute atomic E-state index is 0.0304. The van der Waals surface area contributed by atoms with E-state index in [0.29, 0.717) is 0 Å². The van der Waals surface area contributed by atoms with Crippen LogP contribution in [-0.2, 0) is 0 Å². The van der Waals surface area contributed by atoms with Crippen molar-refractivity contribution < 1.29 is 19.9 Å². The Morgan fingerprint density at radius 1 is 1.33 bits per heavy atom. The van der Waals surface area contributed by atoms with Crippen LogP contribution in [0.15, 0.2) is 24.3 Å². The fourth-order valence-corrected chi connectivity index (χ4v) is 1.87. The Hall–Kier alpha value is -1.99. The topological polar surface area (TPSA) is 104 Å². The summed E-state index contributed by atoms with van der Waals surface area (Å²) in [5.74, 6) is -0.436. The van der Waals surface area contributed by atoms with Crippen molar-refractivity contribution in [2.24, 2.45) is 0 Å². The smallest absolute Gasteiger partial charge is 0.270 e. The van der Waals surface area contributed by atoms with Crippen molar-refractivity contribution in [2.45, 2.75) is 12.2 Å². The Balaban J connectivity index is 2.19. The SMILES string of the molecule is O=C(c1cccc([N+](=O)[O-])c1)N1CC(O)C(O)C1. The van der Waals surface area contributed by atoms with E-state index in [1.807, 2.05) is 0 Å². The molecule has 7 nitrogen and oxygen atoms in total. The molecule has 7 heteroatoms. The summed E-state index contributed by atoms with van der Waals surface area (Å²) in [6, 6.07) is 5.37. The van der Waals surface area contributed by atoms with Crippen LogP contribution in [-0.4, -0.2) is 51.2 Å². The number of rotatable bonds is 2. The van der Waals surface area contributed by atoms with Crippen molar-refractivity contribution in [3.05, 3.63) is 39.9 Å². The molecule has 2 N–H and O–H groups in total. The fourth-order valence-electron chi connectivity index (χ4n) is 1.87. The molecule has 2 rings (SSSR count). The summed E-state index contributed by atoms with van der Waals surface area (Å²) in [5.41, 5.74) is 0.00615. The summed E-state index contributed by atoms with van der Waals surface area (Å²) < 4.78 is 0. The van der Waals surface area contributed by atoms with Crippen LogP contribution in [0.5, 0.6) is 0 Å². The van der Waals surface area contributed by atoms with Gasteiger partial charge in [0.25, 0.3) is 11.6 Å². The fraction of sp³-hybridized carbons (Fsp3) is 0.364. The molecule has 1 saturated heterocycles. The highest BCUT2D eigenvalue weighted by Crippen LogP contribution is 2.18. The van der Waals surface area contributed by atoms with Crippen molar-refractivity contribution in [1.29, 1.82) is 0 Å². The lowest BCUT2D eigenvalue weighted by atomic mass is 10.2. The highest BCUT2D eigenvalue weighted by molar-refractivity contribution is 5.95. The number of non-ortho nitro benzene ring substituents is 1. The molecule has 96 valence electrons. The Labute approximate surface area is 102 Å². The molecule has 1 heterocycles. The van der Waals surface area contributed by atoms with Crippen LogP contribution in [0.1, 0.15) is 10.4 Å². The zero-order valence-electron chi connectivity index (χ0n) is 9.39. The lowest BCUT2D eigenvalue weighted by molar-refractivity contribution is -0.384. The van der Waals surface area contributed by atoms with Gasteiger partial charge in [0.15, 0.2) is 0 Å². The second kappa shape index (κ2) is 4.71. The van der Waals surface area contributed by atoms with Gasteiger partial charge in [-0.25, -0.2) is 0 Å². The largest absolute Gasteiger partial charge is 0.388 e. The maximum atomic E-state index is 12.0. The molecule has 0 radical (unpaired) electrons. The molecule has 1 aromatic rings. The van der Waals surface area contributed by atoms with Gasteiger partial charge in [0.05, 0.1) is 17.1 Å². The number of aliphatic hydroxyl groups is 2. The van der Waals surface area contributed by atoms with Crippen LogP contribution in [0.3, 0.4) is 0 Å². The van der Waals surface area contributed by atoms with E-state index in [1.165, 1.54) is 29.2 Å². The molecule has 0 saturated carbocycles. The first-order valence-corrected chi connectivity index (χ1v) is 5.39. The number of carbonyl (C=O) groups is 1. The predicted molar refractivity (Wildman–Crippen MR) is 61.0 cm³/mol. The van der Waals surface area contributed by atoms with Gasteiger partial charge in [0, 0.05) is 30.8 Å². The van der Waals surface area contributed by atoms with Crippen LogP contribution in [0, 0.1) is 10.1 Å². The number of carbonyl (C=O) groups excluding carboxylic acids is 1. The first kappa shape index (κ1) is 12.5. The molecule has 18 heavy (non-hydrogen) atoms. The first-order valence-electron chi connectivity index (χ1n) is 5.39. The van der Waals surface area contributed by atoms with Crippen molar-refractivity contribution in [3.8, 4) is 0 Å². The number of β-amino-alcohol motifs (C(OH)–C–C–N with tert-alkyl or cyclic N) is 2. The number of hydrogen-bond donors (Lipinski definition) is 2. The first-order chi connectivity index (χ1) is 8.49. The predicted octanol–water partition coefficient (Wildman–Crippen LogP) is -0.228. The van der Waals surface area contributed by atoms with Crippen molar-refractivity contribution in [1.82, 2.24) is 4.90 Å². The molecule has 0 spiro atoms. The molecule has 1 amide bonds. The second-order valence-electron chi connectivity index (χ2n) is 4.15. The third-order valence-corrected chi connectivity index (χ3v) is 2.85. The number of nitro groups is 1. The second-order valence-corrected chi connectivity index (χ2v) is 4.15. The average Bonchev–Trinajstić information content (AvgIpc) is 2.69. The van der Waals surface area contributed by atoms with Crippen LogP contribution in [0.2, 0.25) is 0 Å². The number of nitro benzene ring substituents is 1. The Morgan fingerprint density at radius 2 is 1.94 bits per heavy atom. The van der Waals surface area contributed by atoms with Gasteiger partial charge in [-0.15, -0.1) is 0 Å². The summed E-state index contributed by atoms with van der Waals surface area (Å²) in [6.07, 6.45) is -1.93. The number of benzene rings is 1. The van der Waals surface area contributed by atoms with Crippen molar-refractivity contribution >= 4 is 11.6 Å². The zero-order chi connectivity index (χ0) is 13.3. The summed E-state index contributed by atoms with van der Waals surface area (Å²) >= 11 is 0. The van der Waals surface area contributed by atoms with E-state index in [1.54, 1.807) is 0 Å². The third-order valence-electron chi connectivity index (χ3n) is 2.85. The summed E-state index contributed by atoms with van der Waals surface area (Å²) in [4.78, 5) is 23.3. The molecule has 1 aliphatic rings. The maximum absolute atomic E-state index is 12.0. The number of aliphatic hydroxyl groups excluding tert-OH is 2. The third kappa shape index (κ3) is 2.31. The van der Waals surface area contributed by atoms with Crippen LogP contribution >= 0.6 is 0 Å². The van der Waals surface area contributed by atoms with Crippen molar-refractivity contribution in [3.63, 3.8) is 0 Å². The number of amides is 1. The Bertz CT molecular complexity index is 480. The van der Waals surface area contributed by atoms with Gasteiger partial charge in [-0.3, -0.25) is 14.9 Å². The van der Waals surface area contributed by atoms with Gasteiger partial charge in [-0.05, 0) is 6.07 Å². The van der Waals surface area contributed by atoms with Crippen LogP contribution in [0.25, 0.3) is 0 Å². The molecule has 1 fully saturated rings. The molecule has 1 aromatic carbocycles. The van der Waals surface area contributed by atoms with Gasteiger partial charge in [0.1, 0.15) is 0 Å². The van der Waals surface area contributed by atoms with Gasteiger partial charge >= 0.3 is 0 Å². The lowest BCUT2D eigenvalue weighted by Crippen LogP contribution is -2.29. The van der Waals surface area contributed by atoms with E-state index in [9.17, 15) is 25.1 Å². The molecule has 2 atom stereocenters. The minimum atomic E-state index is -0.965. The number of likely N-dealkylation sites (tertiary alicyclic amines) is 1. The summed E-state index contributed by atoms with van der Waals surface area (Å²) in [7, 11) is 0. The quantitative estimate of drug-likeness (QED) is 0.559. The highest BCUT2D eigenvalue weighted by Gasteiger charge is 2.33. The number of hydrogen-bond acceptors (Lipinski definition) is 5. The van der Waals surface area contributed by atoms with Crippen LogP contribution in [0.4, 0.5) is 5.69 Å². The molecule has 0 aromatic heterocycles. The van der Waals surface area contributed by atoms with E-state index in [0.717, 1.165) is 0 Å². The summed E-state index contributed by atoms with van der Waals surface area (Å²) in [6.45, 7) is 0.0609. The van der Waals surface area contributed by atoms with Crippen LogP contribution < -0.4 is 0 Å². The monoisotopic (exact) mass is 252 g/mol. The standard InChI is InChI=1S/C11H12N2O5/c14-9-5-12(6-10(9)15)11(16)7-2-1-3-8(4-7)13(17)18/h1-4,9-10,14-15H,5-6H2. The van der Waals surface area contributed by atoms with Gasteiger partial charge in [-0.1, -0.05) is 6.07 Å². The number of nitrogens with zero attached hydrogens (tertiary/aromatic N) is 2. The Morgan fingerprint density at radius 3 is 2.50 bits per heavy atom. The Kier molecular flexibility index (Phi) is 3.26. The zero-order valence-corrected chi connectivity index (χ0v) is 9.39. The molecule has 0 bridgehead atoms. The minimum Gasteiger partial charge on any atom is -0.388 e. The average molecular weight is 252 g/mol. The van der Waals surface area contributed by atoms with E-state index < -0.39 is 23.0 Å². The lowest BCUT2D eigenvalue weighted by Gasteiger charge is -2.14. The highest BCUT2D eigenvalue weighted by atomic mass is 16.6. The normalized spacial score (nSPS) is 23.1.